The largest absolute Gasteiger partial charge is 0.299 e. The molecule has 2 aromatic carbocycles. The number of ketones is 1. The second kappa shape index (κ2) is 7.73. The number of fused-ring (bicyclic) bond motifs is 1. The molecule has 0 fully saturated rings. The van der Waals surface area contributed by atoms with Crippen molar-refractivity contribution >= 4 is 33.8 Å². The van der Waals surface area contributed by atoms with Gasteiger partial charge in [0, 0.05) is 34.3 Å². The number of Topliss-reactive ketones (excluding diaryl/α,β-unsaturated/α-hetero) is 1. The van der Waals surface area contributed by atoms with Gasteiger partial charge < -0.3 is 0 Å². The first kappa shape index (κ1) is 19.4. The van der Waals surface area contributed by atoms with Gasteiger partial charge in [0.05, 0.1) is 0 Å². The first-order chi connectivity index (χ1) is 12.8. The molecule has 0 spiro atoms. The van der Waals surface area contributed by atoms with E-state index < -0.39 is 10.8 Å². The molecule has 0 radical (unpaired) electrons. The molecule has 27 heavy (non-hydrogen) atoms. The van der Waals surface area contributed by atoms with Gasteiger partial charge in [0.25, 0.3) is 0 Å². The molecule has 4 heteroatoms. The van der Waals surface area contributed by atoms with Crippen molar-refractivity contribution in [3.8, 4) is 0 Å². The van der Waals surface area contributed by atoms with E-state index in [1.807, 2.05) is 51.1 Å². The number of rotatable bonds is 5. The molecule has 3 rings (SSSR count). The van der Waals surface area contributed by atoms with Crippen molar-refractivity contribution in [2.24, 2.45) is 5.92 Å². The number of benzene rings is 2. The molecule has 0 saturated heterocycles. The highest BCUT2D eigenvalue weighted by Crippen LogP contribution is 2.44. The fourth-order valence-corrected chi connectivity index (χ4v) is 3.80. The molecule has 2 aromatic rings. The predicted molar refractivity (Wildman–Crippen MR) is 110 cm³/mol. The van der Waals surface area contributed by atoms with Crippen molar-refractivity contribution in [2.75, 3.05) is 6.26 Å². The van der Waals surface area contributed by atoms with Crippen LogP contribution in [0.15, 0.2) is 52.9 Å². The molecular formula is C23H23FO2S. The highest BCUT2D eigenvalue weighted by Gasteiger charge is 2.26. The van der Waals surface area contributed by atoms with Gasteiger partial charge >= 0.3 is 0 Å². The number of carbonyl (C=O) groups is 1. The third kappa shape index (κ3) is 4.01. The molecule has 1 unspecified atom stereocenters. The summed E-state index contributed by atoms with van der Waals surface area (Å²) in [4.78, 5) is 13.1. The molecule has 1 aliphatic rings. The third-order valence-electron chi connectivity index (χ3n) is 4.97. The Morgan fingerprint density at radius 3 is 2.37 bits per heavy atom. The van der Waals surface area contributed by atoms with Crippen LogP contribution in [-0.4, -0.2) is 16.2 Å². The Kier molecular flexibility index (Phi) is 5.56. The first-order valence-electron chi connectivity index (χ1n) is 8.96. The molecule has 0 bridgehead atoms. The van der Waals surface area contributed by atoms with Crippen molar-refractivity contribution in [1.29, 1.82) is 0 Å². The predicted octanol–water partition coefficient (Wildman–Crippen LogP) is 5.51. The van der Waals surface area contributed by atoms with Crippen LogP contribution >= 0.6 is 0 Å². The van der Waals surface area contributed by atoms with Crippen LogP contribution in [0.25, 0.3) is 17.2 Å². The lowest BCUT2D eigenvalue weighted by molar-refractivity contribution is -0.120. The molecule has 0 N–H and O–H groups in total. The fourth-order valence-electron chi connectivity index (χ4n) is 3.28. The normalized spacial score (nSPS) is 16.1. The zero-order valence-electron chi connectivity index (χ0n) is 16.0. The quantitative estimate of drug-likeness (QED) is 0.684. The van der Waals surface area contributed by atoms with Crippen molar-refractivity contribution in [3.63, 3.8) is 0 Å². The van der Waals surface area contributed by atoms with Crippen LogP contribution in [0.4, 0.5) is 4.39 Å². The average molecular weight is 383 g/mol. The monoisotopic (exact) mass is 382 g/mol. The van der Waals surface area contributed by atoms with Gasteiger partial charge in [-0.3, -0.25) is 9.00 Å². The Morgan fingerprint density at radius 1 is 1.11 bits per heavy atom. The lowest BCUT2D eigenvalue weighted by atomic mass is 9.96. The summed E-state index contributed by atoms with van der Waals surface area (Å²) < 4.78 is 25.4. The summed E-state index contributed by atoms with van der Waals surface area (Å²) in [5.74, 6) is -0.208. The Morgan fingerprint density at radius 2 is 1.78 bits per heavy atom. The SMILES string of the molecule is CC1=C(CC(=O)C(C)C)c2cc(F)ccc2C1=Cc1ccc(S(C)=O)cc1. The van der Waals surface area contributed by atoms with E-state index in [0.29, 0.717) is 6.42 Å². The van der Waals surface area contributed by atoms with Gasteiger partial charge in [0.15, 0.2) is 0 Å². The summed E-state index contributed by atoms with van der Waals surface area (Å²) in [5, 5.41) is 0. The fraction of sp³-hybridized carbons (Fsp3) is 0.261. The Balaban J connectivity index is 2.08. The van der Waals surface area contributed by atoms with E-state index in [1.165, 1.54) is 12.1 Å². The summed E-state index contributed by atoms with van der Waals surface area (Å²) in [6.07, 6.45) is 4.01. The van der Waals surface area contributed by atoms with Gasteiger partial charge in [-0.05, 0) is 70.7 Å². The smallest absolute Gasteiger partial charge is 0.139 e. The van der Waals surface area contributed by atoms with E-state index >= 15 is 0 Å². The summed E-state index contributed by atoms with van der Waals surface area (Å²) in [5.41, 5.74) is 5.64. The highest BCUT2D eigenvalue weighted by atomic mass is 32.2. The molecule has 1 aliphatic carbocycles. The lowest BCUT2D eigenvalue weighted by Gasteiger charge is -2.08. The maximum absolute atomic E-state index is 13.9. The number of carbonyl (C=O) groups excluding carboxylic acids is 1. The molecular weight excluding hydrogens is 359 g/mol. The molecule has 0 aliphatic heterocycles. The van der Waals surface area contributed by atoms with Crippen LogP contribution in [0.3, 0.4) is 0 Å². The van der Waals surface area contributed by atoms with Gasteiger partial charge in [-0.25, -0.2) is 4.39 Å². The van der Waals surface area contributed by atoms with Crippen molar-refractivity contribution in [1.82, 2.24) is 0 Å². The van der Waals surface area contributed by atoms with Gasteiger partial charge in [0.2, 0.25) is 0 Å². The molecule has 0 heterocycles. The zero-order valence-corrected chi connectivity index (χ0v) is 16.8. The maximum atomic E-state index is 13.9. The maximum Gasteiger partial charge on any atom is 0.139 e. The Bertz CT molecular complexity index is 982. The molecule has 0 aromatic heterocycles. The second-order valence-electron chi connectivity index (χ2n) is 7.17. The van der Waals surface area contributed by atoms with E-state index in [4.69, 9.17) is 0 Å². The first-order valence-corrected chi connectivity index (χ1v) is 10.5. The van der Waals surface area contributed by atoms with Crippen molar-refractivity contribution in [2.45, 2.75) is 32.1 Å². The standard InChI is InChI=1S/C23H23FO2S/c1-14(2)23(25)13-21-15(3)20(19-10-7-17(24)12-22(19)21)11-16-5-8-18(9-6-16)27(4)26/h5-12,14H,13H2,1-4H3. The summed E-state index contributed by atoms with van der Waals surface area (Å²) in [6, 6.07) is 12.3. The lowest BCUT2D eigenvalue weighted by Crippen LogP contribution is -2.07. The van der Waals surface area contributed by atoms with E-state index in [0.717, 1.165) is 38.3 Å². The third-order valence-corrected chi connectivity index (χ3v) is 5.91. The summed E-state index contributed by atoms with van der Waals surface area (Å²) in [7, 11) is -1.01. The van der Waals surface area contributed by atoms with Crippen LogP contribution in [0, 0.1) is 11.7 Å². The average Bonchev–Trinajstić information content (AvgIpc) is 2.87. The number of halogens is 1. The summed E-state index contributed by atoms with van der Waals surface area (Å²) in [6.45, 7) is 5.76. The zero-order chi connectivity index (χ0) is 19.7. The molecule has 0 amide bonds. The molecule has 2 nitrogen and oxygen atoms in total. The Labute approximate surface area is 162 Å². The second-order valence-corrected chi connectivity index (χ2v) is 8.55. The highest BCUT2D eigenvalue weighted by molar-refractivity contribution is 7.84. The topological polar surface area (TPSA) is 34.1 Å². The van der Waals surface area contributed by atoms with Crippen LogP contribution in [0.1, 0.15) is 43.9 Å². The van der Waals surface area contributed by atoms with Gasteiger partial charge in [-0.15, -0.1) is 0 Å². The van der Waals surface area contributed by atoms with E-state index in [9.17, 15) is 13.4 Å². The minimum absolute atomic E-state index is 0.0576. The van der Waals surface area contributed by atoms with Crippen LogP contribution < -0.4 is 0 Å². The van der Waals surface area contributed by atoms with Crippen LogP contribution in [0.2, 0.25) is 0 Å². The van der Waals surface area contributed by atoms with Gasteiger partial charge in [-0.1, -0.05) is 32.0 Å². The number of hydrogen-bond donors (Lipinski definition) is 0. The van der Waals surface area contributed by atoms with Crippen LogP contribution in [0.5, 0.6) is 0 Å². The number of hydrogen-bond acceptors (Lipinski definition) is 2. The van der Waals surface area contributed by atoms with Gasteiger partial charge in [-0.2, -0.15) is 0 Å². The molecule has 1 atom stereocenters. The molecule has 0 saturated carbocycles. The minimum Gasteiger partial charge on any atom is -0.299 e. The van der Waals surface area contributed by atoms with Gasteiger partial charge in [0.1, 0.15) is 11.6 Å². The van der Waals surface area contributed by atoms with E-state index in [-0.39, 0.29) is 17.5 Å². The number of allylic oxidation sites excluding steroid dienone is 3. The minimum atomic E-state index is -1.01. The van der Waals surface area contributed by atoms with Crippen molar-refractivity contribution < 1.29 is 13.4 Å². The van der Waals surface area contributed by atoms with Crippen molar-refractivity contribution in [3.05, 3.63) is 70.5 Å². The van der Waals surface area contributed by atoms with E-state index in [2.05, 4.69) is 0 Å². The molecule has 140 valence electrons. The van der Waals surface area contributed by atoms with E-state index in [1.54, 1.807) is 12.3 Å². The Hall–Kier alpha value is -2.33. The summed E-state index contributed by atoms with van der Waals surface area (Å²) >= 11 is 0. The van der Waals surface area contributed by atoms with Crippen LogP contribution in [-0.2, 0) is 15.6 Å².